The molecule has 102 valence electrons. The average Bonchev–Trinajstić information content (AvgIpc) is 2.86. The lowest BCUT2D eigenvalue weighted by Crippen LogP contribution is -2.11. The van der Waals surface area contributed by atoms with Crippen molar-refractivity contribution in [2.75, 3.05) is 11.9 Å². The van der Waals surface area contributed by atoms with Gasteiger partial charge in [-0.15, -0.1) is 10.2 Å². The molecular weight excluding hydrogens is 279 g/mol. The fourth-order valence-corrected chi connectivity index (χ4v) is 2.00. The number of alkyl halides is 3. The first-order chi connectivity index (χ1) is 8.97. The molecule has 4 nitrogen and oxygen atoms in total. The molecule has 1 aromatic carbocycles. The van der Waals surface area contributed by atoms with Gasteiger partial charge < -0.3 is 10.4 Å². The van der Waals surface area contributed by atoms with Crippen molar-refractivity contribution in [2.24, 2.45) is 0 Å². The molecule has 2 N–H and O–H groups in total. The number of anilines is 1. The van der Waals surface area contributed by atoms with Crippen LogP contribution in [0.5, 0.6) is 0 Å². The molecule has 1 aromatic heterocycles. The largest absolute Gasteiger partial charge is 0.445 e. The number of hydrogen-bond donors (Lipinski definition) is 2. The summed E-state index contributed by atoms with van der Waals surface area (Å²) in [5, 5.41) is 17.9. The topological polar surface area (TPSA) is 58.0 Å². The molecule has 0 bridgehead atoms. The molecule has 0 saturated carbocycles. The summed E-state index contributed by atoms with van der Waals surface area (Å²) in [6.07, 6.45) is -5.31. The van der Waals surface area contributed by atoms with E-state index in [0.29, 0.717) is 16.9 Å². The highest BCUT2D eigenvalue weighted by Gasteiger charge is 2.35. The van der Waals surface area contributed by atoms with Crippen molar-refractivity contribution in [2.45, 2.75) is 12.3 Å². The predicted molar refractivity (Wildman–Crippen MR) is 64.8 cm³/mol. The lowest BCUT2D eigenvalue weighted by atomic mass is 10.1. The zero-order valence-electron chi connectivity index (χ0n) is 9.55. The summed E-state index contributed by atoms with van der Waals surface area (Å²) in [5.74, 6) is 0. The number of hydrogen-bond acceptors (Lipinski definition) is 5. The van der Waals surface area contributed by atoms with Gasteiger partial charge >= 0.3 is 6.18 Å². The number of nitrogens with zero attached hydrogens (tertiary/aromatic N) is 2. The second-order valence-electron chi connectivity index (χ2n) is 3.72. The van der Waals surface area contributed by atoms with Crippen LogP contribution in [0.15, 0.2) is 30.3 Å². The molecule has 0 amide bonds. The number of aromatic nitrogens is 2. The van der Waals surface area contributed by atoms with Gasteiger partial charge in [-0.25, -0.2) is 0 Å². The Morgan fingerprint density at radius 1 is 1.21 bits per heavy atom. The van der Waals surface area contributed by atoms with Gasteiger partial charge in [0.15, 0.2) is 0 Å². The highest BCUT2D eigenvalue weighted by Crippen LogP contribution is 2.33. The Morgan fingerprint density at radius 3 is 2.47 bits per heavy atom. The molecule has 2 aromatic rings. The molecule has 1 unspecified atom stereocenters. The Balaban J connectivity index is 1.94. The average molecular weight is 289 g/mol. The Kier molecular flexibility index (Phi) is 4.01. The zero-order chi connectivity index (χ0) is 13.9. The van der Waals surface area contributed by atoms with E-state index in [1.165, 1.54) is 0 Å². The molecule has 1 atom stereocenters. The predicted octanol–water partition coefficient (Wildman–Crippen LogP) is 2.70. The van der Waals surface area contributed by atoms with Crippen LogP contribution in [0.3, 0.4) is 0 Å². The van der Waals surface area contributed by atoms with Crippen molar-refractivity contribution in [3.63, 3.8) is 0 Å². The van der Waals surface area contributed by atoms with Gasteiger partial charge in [0.05, 0.1) is 6.10 Å². The number of nitrogens with one attached hydrogen (secondary N) is 1. The van der Waals surface area contributed by atoms with Crippen LogP contribution in [0.4, 0.5) is 18.3 Å². The van der Waals surface area contributed by atoms with Crippen molar-refractivity contribution < 1.29 is 18.3 Å². The fourth-order valence-electron chi connectivity index (χ4n) is 1.39. The Labute approximate surface area is 110 Å². The van der Waals surface area contributed by atoms with Crippen LogP contribution in [0.2, 0.25) is 0 Å². The Morgan fingerprint density at radius 2 is 1.89 bits per heavy atom. The molecule has 0 aliphatic carbocycles. The van der Waals surface area contributed by atoms with Crippen LogP contribution in [0.25, 0.3) is 0 Å². The highest BCUT2D eigenvalue weighted by atomic mass is 32.1. The molecule has 19 heavy (non-hydrogen) atoms. The van der Waals surface area contributed by atoms with Gasteiger partial charge in [-0.2, -0.15) is 13.2 Å². The van der Waals surface area contributed by atoms with Crippen molar-refractivity contribution in [1.82, 2.24) is 10.2 Å². The van der Waals surface area contributed by atoms with E-state index in [1.807, 2.05) is 6.07 Å². The van der Waals surface area contributed by atoms with Gasteiger partial charge in [0.1, 0.15) is 0 Å². The molecule has 0 radical (unpaired) electrons. The van der Waals surface area contributed by atoms with Crippen LogP contribution in [-0.4, -0.2) is 21.8 Å². The molecule has 0 aliphatic heterocycles. The third kappa shape index (κ3) is 3.65. The van der Waals surface area contributed by atoms with Crippen LogP contribution in [0, 0.1) is 0 Å². The second-order valence-corrected chi connectivity index (χ2v) is 4.70. The first-order valence-corrected chi connectivity index (χ1v) is 6.16. The van der Waals surface area contributed by atoms with Crippen molar-refractivity contribution in [3.8, 4) is 0 Å². The first kappa shape index (κ1) is 13.8. The monoisotopic (exact) mass is 289 g/mol. The normalized spacial score (nSPS) is 13.3. The Hall–Kier alpha value is -1.67. The highest BCUT2D eigenvalue weighted by molar-refractivity contribution is 7.15. The van der Waals surface area contributed by atoms with Gasteiger partial charge in [0.25, 0.3) is 0 Å². The summed E-state index contributed by atoms with van der Waals surface area (Å²) < 4.78 is 36.9. The molecule has 8 heteroatoms. The third-order valence-electron chi connectivity index (χ3n) is 2.30. The zero-order valence-corrected chi connectivity index (χ0v) is 10.4. The smallest absolute Gasteiger partial charge is 0.387 e. The SMILES string of the molecule is OC(CNc1nnc(C(F)(F)F)s1)c1ccccc1. The first-order valence-electron chi connectivity index (χ1n) is 5.34. The van der Waals surface area contributed by atoms with Crippen LogP contribution < -0.4 is 5.32 Å². The molecule has 0 spiro atoms. The van der Waals surface area contributed by atoms with E-state index >= 15 is 0 Å². The van der Waals surface area contributed by atoms with E-state index in [2.05, 4.69) is 15.5 Å². The van der Waals surface area contributed by atoms with Crippen LogP contribution in [0.1, 0.15) is 16.7 Å². The molecule has 0 saturated heterocycles. The summed E-state index contributed by atoms with van der Waals surface area (Å²) >= 11 is 0.408. The lowest BCUT2D eigenvalue weighted by Gasteiger charge is -2.10. The summed E-state index contributed by atoms with van der Waals surface area (Å²) in [6, 6.07) is 8.81. The van der Waals surface area contributed by atoms with E-state index in [9.17, 15) is 18.3 Å². The van der Waals surface area contributed by atoms with Crippen molar-refractivity contribution >= 4 is 16.5 Å². The van der Waals surface area contributed by atoms with E-state index in [1.54, 1.807) is 24.3 Å². The molecular formula is C11H10F3N3OS. The fraction of sp³-hybridized carbons (Fsp3) is 0.273. The molecule has 0 aliphatic rings. The molecule has 2 rings (SSSR count). The van der Waals surface area contributed by atoms with Gasteiger partial charge in [-0.1, -0.05) is 41.7 Å². The van der Waals surface area contributed by atoms with Gasteiger partial charge in [-0.3, -0.25) is 0 Å². The molecule has 0 fully saturated rings. The van der Waals surface area contributed by atoms with Gasteiger partial charge in [0, 0.05) is 6.54 Å². The Bertz CT molecular complexity index is 529. The lowest BCUT2D eigenvalue weighted by molar-refractivity contribution is -0.138. The standard InChI is InChI=1S/C11H10F3N3OS/c12-11(13,14)9-16-17-10(19-9)15-6-8(18)7-4-2-1-3-5-7/h1-5,8,18H,6H2,(H,15,17). The molecule has 1 heterocycles. The second kappa shape index (κ2) is 5.54. The van der Waals surface area contributed by atoms with Gasteiger partial charge in [-0.05, 0) is 5.56 Å². The van der Waals surface area contributed by atoms with Crippen LogP contribution >= 0.6 is 11.3 Å². The van der Waals surface area contributed by atoms with Crippen molar-refractivity contribution in [1.29, 1.82) is 0 Å². The van der Waals surface area contributed by atoms with Crippen molar-refractivity contribution in [3.05, 3.63) is 40.9 Å². The number of aliphatic hydroxyl groups is 1. The number of rotatable bonds is 4. The van der Waals surface area contributed by atoms with E-state index in [-0.39, 0.29) is 11.7 Å². The summed E-state index contributed by atoms with van der Waals surface area (Å²) in [7, 11) is 0. The maximum Gasteiger partial charge on any atom is 0.445 e. The summed E-state index contributed by atoms with van der Waals surface area (Å²) in [5.41, 5.74) is 0.676. The number of aliphatic hydroxyl groups excluding tert-OH is 1. The maximum atomic E-state index is 12.3. The van der Waals surface area contributed by atoms with Gasteiger partial charge in [0.2, 0.25) is 10.1 Å². The van der Waals surface area contributed by atoms with E-state index in [0.717, 1.165) is 0 Å². The van der Waals surface area contributed by atoms with E-state index < -0.39 is 17.3 Å². The minimum atomic E-state index is -4.49. The quantitative estimate of drug-likeness (QED) is 0.908. The number of halogens is 3. The maximum absolute atomic E-state index is 12.3. The third-order valence-corrected chi connectivity index (χ3v) is 3.22. The number of benzene rings is 1. The van der Waals surface area contributed by atoms with Crippen LogP contribution in [-0.2, 0) is 6.18 Å². The van der Waals surface area contributed by atoms with E-state index in [4.69, 9.17) is 0 Å². The summed E-state index contributed by atoms with van der Waals surface area (Å²) in [4.78, 5) is 0. The minimum Gasteiger partial charge on any atom is -0.387 e. The summed E-state index contributed by atoms with van der Waals surface area (Å²) in [6.45, 7) is 0.0660. The minimum absolute atomic E-state index is 0.0299.